The van der Waals surface area contributed by atoms with Gasteiger partial charge in [0.2, 0.25) is 0 Å². The molecule has 2 heterocycles. The van der Waals surface area contributed by atoms with Gasteiger partial charge in [-0.2, -0.15) is 0 Å². The Hall–Kier alpha value is -3.76. The van der Waals surface area contributed by atoms with Crippen molar-refractivity contribution >= 4 is 10.8 Å². The van der Waals surface area contributed by atoms with Gasteiger partial charge in [0.25, 0.3) is 0 Å². The Labute approximate surface area is 218 Å². The fourth-order valence-electron chi connectivity index (χ4n) is 5.17. The molecule has 1 unspecified atom stereocenters. The lowest BCUT2D eigenvalue weighted by Crippen LogP contribution is -2.32. The van der Waals surface area contributed by atoms with Crippen molar-refractivity contribution < 1.29 is 19.7 Å². The van der Waals surface area contributed by atoms with E-state index in [9.17, 15) is 10.2 Å². The van der Waals surface area contributed by atoms with E-state index in [2.05, 4.69) is 23.3 Å². The lowest BCUT2D eigenvalue weighted by Gasteiger charge is -2.26. The SMILES string of the molecule is C=CC(=C=C/C=C/C1OCc2cc(O)ccc2-c2ccc3cc(O)ccc3c21)OCCN1CCCCC1. The van der Waals surface area contributed by atoms with Crippen molar-refractivity contribution in [1.29, 1.82) is 0 Å². The molecular formula is C32H33NO4. The van der Waals surface area contributed by atoms with Gasteiger partial charge < -0.3 is 19.7 Å². The number of likely N-dealkylation sites (tertiary alicyclic amines) is 1. The third-order valence-corrected chi connectivity index (χ3v) is 7.03. The second kappa shape index (κ2) is 11.5. The fourth-order valence-corrected chi connectivity index (χ4v) is 5.17. The van der Waals surface area contributed by atoms with Gasteiger partial charge in [-0.05, 0) is 89.8 Å². The van der Waals surface area contributed by atoms with Gasteiger partial charge in [-0.1, -0.05) is 55.1 Å². The van der Waals surface area contributed by atoms with E-state index in [0.29, 0.717) is 19.0 Å². The Kier molecular flexibility index (Phi) is 7.76. The Morgan fingerprint density at radius 3 is 2.65 bits per heavy atom. The summed E-state index contributed by atoms with van der Waals surface area (Å²) in [5.74, 6) is 1.06. The van der Waals surface area contributed by atoms with Crippen LogP contribution in [0.15, 0.2) is 90.9 Å². The number of piperidine rings is 1. The number of benzene rings is 3. The van der Waals surface area contributed by atoms with Crippen molar-refractivity contribution in [3.63, 3.8) is 0 Å². The van der Waals surface area contributed by atoms with Gasteiger partial charge >= 0.3 is 0 Å². The predicted octanol–water partition coefficient (Wildman–Crippen LogP) is 6.77. The van der Waals surface area contributed by atoms with Crippen molar-refractivity contribution in [1.82, 2.24) is 4.90 Å². The minimum Gasteiger partial charge on any atom is -0.508 e. The van der Waals surface area contributed by atoms with E-state index in [1.807, 2.05) is 36.4 Å². The highest BCUT2D eigenvalue weighted by Gasteiger charge is 2.24. The molecule has 37 heavy (non-hydrogen) atoms. The number of hydrogen-bond donors (Lipinski definition) is 2. The number of aromatic hydroxyl groups is 2. The molecule has 1 atom stereocenters. The van der Waals surface area contributed by atoms with Crippen LogP contribution in [0.4, 0.5) is 0 Å². The molecule has 2 aliphatic heterocycles. The highest BCUT2D eigenvalue weighted by atomic mass is 16.5. The first-order valence-corrected chi connectivity index (χ1v) is 12.9. The molecule has 3 aromatic rings. The first-order chi connectivity index (χ1) is 18.1. The molecule has 0 aliphatic carbocycles. The fraction of sp³-hybridized carbons (Fsp3) is 0.281. The third-order valence-electron chi connectivity index (χ3n) is 7.03. The molecule has 0 radical (unpaired) electrons. The summed E-state index contributed by atoms with van der Waals surface area (Å²) in [6.07, 6.45) is 10.9. The molecule has 5 heteroatoms. The lowest BCUT2D eigenvalue weighted by atomic mass is 9.89. The molecule has 0 saturated carbocycles. The smallest absolute Gasteiger partial charge is 0.161 e. The first-order valence-electron chi connectivity index (χ1n) is 12.9. The molecule has 2 N–H and O–H groups in total. The van der Waals surface area contributed by atoms with Crippen LogP contribution in [-0.4, -0.2) is 41.4 Å². The van der Waals surface area contributed by atoms with E-state index in [0.717, 1.165) is 52.7 Å². The molecule has 5 nitrogen and oxygen atoms in total. The van der Waals surface area contributed by atoms with Crippen LogP contribution in [0.5, 0.6) is 11.5 Å². The minimum absolute atomic E-state index is 0.217. The summed E-state index contributed by atoms with van der Waals surface area (Å²) < 4.78 is 12.2. The molecule has 0 bridgehead atoms. The molecule has 0 amide bonds. The molecule has 5 rings (SSSR count). The van der Waals surface area contributed by atoms with Gasteiger partial charge in [-0.25, -0.2) is 0 Å². The van der Waals surface area contributed by atoms with Gasteiger partial charge in [0, 0.05) is 12.1 Å². The minimum atomic E-state index is -0.331. The number of allylic oxidation sites excluding steroid dienone is 2. The normalized spacial score (nSPS) is 17.5. The van der Waals surface area contributed by atoms with Crippen molar-refractivity contribution in [2.45, 2.75) is 32.0 Å². The van der Waals surface area contributed by atoms with Gasteiger partial charge in [0.05, 0.1) is 6.61 Å². The van der Waals surface area contributed by atoms with Crippen LogP contribution in [0.1, 0.15) is 36.5 Å². The molecule has 1 saturated heterocycles. The zero-order chi connectivity index (χ0) is 25.6. The summed E-state index contributed by atoms with van der Waals surface area (Å²) >= 11 is 0. The summed E-state index contributed by atoms with van der Waals surface area (Å²) in [6, 6.07) is 14.9. The molecule has 3 aromatic carbocycles. The number of hydrogen-bond acceptors (Lipinski definition) is 5. The van der Waals surface area contributed by atoms with E-state index in [1.54, 1.807) is 30.3 Å². The molecule has 0 aromatic heterocycles. The average molecular weight is 496 g/mol. The van der Waals surface area contributed by atoms with E-state index in [4.69, 9.17) is 9.47 Å². The maximum absolute atomic E-state index is 10.0. The van der Waals surface area contributed by atoms with E-state index in [-0.39, 0.29) is 17.6 Å². The summed E-state index contributed by atoms with van der Waals surface area (Å²) in [7, 11) is 0. The zero-order valence-corrected chi connectivity index (χ0v) is 21.0. The second-order valence-electron chi connectivity index (χ2n) is 9.52. The highest BCUT2D eigenvalue weighted by Crippen LogP contribution is 2.42. The third kappa shape index (κ3) is 5.81. The molecule has 190 valence electrons. The van der Waals surface area contributed by atoms with E-state index >= 15 is 0 Å². The average Bonchev–Trinajstić information content (AvgIpc) is 3.07. The topological polar surface area (TPSA) is 62.2 Å². The number of fused-ring (bicyclic) bond motifs is 5. The number of nitrogens with zero attached hydrogens (tertiary/aromatic N) is 1. The molecule has 0 spiro atoms. The van der Waals surface area contributed by atoms with Crippen LogP contribution >= 0.6 is 0 Å². The standard InChI is InChI=1S/C32H33NO4/c1-2-27(36-19-18-33-16-6-3-7-17-33)8-4-5-9-31-32-29-15-12-25(34)20-23(29)10-13-30(32)28-14-11-26(35)21-24(28)22-37-31/h2,4-5,9-15,20-21,31,34-35H,1,3,6-7,16-19,22H2/b9-5+. The Bertz CT molecular complexity index is 1380. The van der Waals surface area contributed by atoms with Crippen molar-refractivity contribution in [2.75, 3.05) is 26.2 Å². The Morgan fingerprint density at radius 2 is 1.81 bits per heavy atom. The lowest BCUT2D eigenvalue weighted by molar-refractivity contribution is 0.0751. The summed E-state index contributed by atoms with van der Waals surface area (Å²) in [4.78, 5) is 2.44. The predicted molar refractivity (Wildman–Crippen MR) is 147 cm³/mol. The summed E-state index contributed by atoms with van der Waals surface area (Å²) in [6.45, 7) is 8.06. The van der Waals surface area contributed by atoms with Crippen molar-refractivity contribution in [3.05, 3.63) is 102 Å². The monoisotopic (exact) mass is 495 g/mol. The number of phenols is 2. The van der Waals surface area contributed by atoms with Crippen molar-refractivity contribution in [3.8, 4) is 22.6 Å². The summed E-state index contributed by atoms with van der Waals surface area (Å²) in [5.41, 5.74) is 7.22. The van der Waals surface area contributed by atoms with Gasteiger partial charge in [0.1, 0.15) is 24.2 Å². The first kappa shape index (κ1) is 24.9. The van der Waals surface area contributed by atoms with Crippen LogP contribution in [0.2, 0.25) is 0 Å². The second-order valence-corrected chi connectivity index (χ2v) is 9.52. The van der Waals surface area contributed by atoms with E-state index in [1.165, 1.54) is 19.3 Å². The van der Waals surface area contributed by atoms with Crippen LogP contribution in [0, 0.1) is 0 Å². The van der Waals surface area contributed by atoms with Gasteiger partial charge in [0.15, 0.2) is 5.76 Å². The van der Waals surface area contributed by atoms with Crippen LogP contribution < -0.4 is 0 Å². The number of rotatable bonds is 7. The maximum atomic E-state index is 10.0. The molecule has 1 fully saturated rings. The highest BCUT2D eigenvalue weighted by molar-refractivity contribution is 5.94. The Balaban J connectivity index is 1.40. The largest absolute Gasteiger partial charge is 0.508 e. The van der Waals surface area contributed by atoms with Crippen molar-refractivity contribution in [2.24, 2.45) is 0 Å². The molecule has 2 aliphatic rings. The van der Waals surface area contributed by atoms with Crippen LogP contribution in [0.25, 0.3) is 21.9 Å². The van der Waals surface area contributed by atoms with Gasteiger partial charge in [-0.3, -0.25) is 4.90 Å². The maximum Gasteiger partial charge on any atom is 0.161 e. The Morgan fingerprint density at radius 1 is 1.03 bits per heavy atom. The van der Waals surface area contributed by atoms with Crippen LogP contribution in [-0.2, 0) is 16.1 Å². The number of ether oxygens (including phenoxy) is 2. The summed E-state index contributed by atoms with van der Waals surface area (Å²) in [5, 5.41) is 22.0. The number of phenolic OH excluding ortho intramolecular Hbond substituents is 2. The van der Waals surface area contributed by atoms with Crippen LogP contribution in [0.3, 0.4) is 0 Å². The van der Waals surface area contributed by atoms with Gasteiger partial charge in [-0.15, -0.1) is 0 Å². The molecular weight excluding hydrogens is 462 g/mol. The quantitative estimate of drug-likeness (QED) is 0.215. The zero-order valence-electron chi connectivity index (χ0n) is 21.0. The van der Waals surface area contributed by atoms with E-state index < -0.39 is 0 Å².